The van der Waals surface area contributed by atoms with Crippen LogP contribution in [-0.2, 0) is 16.6 Å². The van der Waals surface area contributed by atoms with Gasteiger partial charge in [-0.3, -0.25) is 0 Å². The second-order valence-corrected chi connectivity index (χ2v) is 6.84. The van der Waals surface area contributed by atoms with E-state index in [1.807, 2.05) is 0 Å². The van der Waals surface area contributed by atoms with E-state index in [1.165, 1.54) is 12.1 Å². The maximum absolute atomic E-state index is 13.3. The predicted octanol–water partition coefficient (Wildman–Crippen LogP) is 1.48. The van der Waals surface area contributed by atoms with Crippen LogP contribution in [0, 0.1) is 17.7 Å². The van der Waals surface area contributed by atoms with Crippen LogP contribution in [0.25, 0.3) is 0 Å². The molecule has 0 amide bonds. The number of hydrogen-bond donors (Lipinski definition) is 2. The zero-order valence-electron chi connectivity index (χ0n) is 11.1. The zero-order chi connectivity index (χ0) is 14.0. The number of halogens is 1. The van der Waals surface area contributed by atoms with E-state index in [1.54, 1.807) is 7.05 Å². The number of hydrogen-bond acceptors (Lipinski definition) is 3. The minimum Gasteiger partial charge on any atom is -0.316 e. The van der Waals surface area contributed by atoms with Gasteiger partial charge in [0.15, 0.2) is 0 Å². The summed E-state index contributed by atoms with van der Waals surface area (Å²) >= 11 is 0. The third-order valence-corrected chi connectivity index (χ3v) is 5.00. The van der Waals surface area contributed by atoms with Gasteiger partial charge in [0.2, 0.25) is 10.0 Å². The predicted molar refractivity (Wildman–Crippen MR) is 71.6 cm³/mol. The van der Waals surface area contributed by atoms with Gasteiger partial charge in [-0.15, -0.1) is 0 Å². The first-order valence-corrected chi connectivity index (χ1v) is 7.85. The van der Waals surface area contributed by atoms with Crippen LogP contribution in [0.4, 0.5) is 4.39 Å². The summed E-state index contributed by atoms with van der Waals surface area (Å²) in [5, 5.41) is 2.89. The van der Waals surface area contributed by atoms with Crippen LogP contribution in [0.1, 0.15) is 18.9 Å². The summed E-state index contributed by atoms with van der Waals surface area (Å²) in [7, 11) is -1.92. The Kier molecular flexibility index (Phi) is 4.23. The summed E-state index contributed by atoms with van der Waals surface area (Å²) in [5.74, 6) is 0.447. The smallest absolute Gasteiger partial charge is 0.241 e. The van der Waals surface area contributed by atoms with Gasteiger partial charge in [0, 0.05) is 13.1 Å². The van der Waals surface area contributed by atoms with Gasteiger partial charge in [0.25, 0.3) is 0 Å². The quantitative estimate of drug-likeness (QED) is 0.833. The van der Waals surface area contributed by atoms with Gasteiger partial charge in [-0.2, -0.15) is 0 Å². The molecule has 1 aliphatic rings. The molecule has 0 heterocycles. The van der Waals surface area contributed by atoms with Crippen molar-refractivity contribution in [3.63, 3.8) is 0 Å². The van der Waals surface area contributed by atoms with Crippen molar-refractivity contribution in [3.05, 3.63) is 29.6 Å². The zero-order valence-corrected chi connectivity index (χ0v) is 11.9. The van der Waals surface area contributed by atoms with Crippen molar-refractivity contribution >= 4 is 10.0 Å². The highest BCUT2D eigenvalue weighted by molar-refractivity contribution is 7.89. The van der Waals surface area contributed by atoms with Gasteiger partial charge in [0.05, 0.1) is 4.90 Å². The summed E-state index contributed by atoms with van der Waals surface area (Å²) < 4.78 is 40.3. The fraction of sp³-hybridized carbons (Fsp3) is 0.538. The van der Waals surface area contributed by atoms with Crippen molar-refractivity contribution in [2.45, 2.75) is 24.8 Å². The van der Waals surface area contributed by atoms with E-state index in [-0.39, 0.29) is 4.90 Å². The SMILES string of the molecule is CNCc1ccc(F)cc1S(=O)(=O)NCC1CC1C. The van der Waals surface area contributed by atoms with Crippen molar-refractivity contribution in [2.75, 3.05) is 13.6 Å². The lowest BCUT2D eigenvalue weighted by Gasteiger charge is -2.11. The maximum Gasteiger partial charge on any atom is 0.241 e. The van der Waals surface area contributed by atoms with E-state index in [0.717, 1.165) is 12.5 Å². The van der Waals surface area contributed by atoms with Gasteiger partial charge in [0.1, 0.15) is 5.82 Å². The van der Waals surface area contributed by atoms with E-state index >= 15 is 0 Å². The van der Waals surface area contributed by atoms with Crippen LogP contribution in [0.3, 0.4) is 0 Å². The fourth-order valence-corrected chi connectivity index (χ4v) is 3.44. The van der Waals surface area contributed by atoms with E-state index in [9.17, 15) is 12.8 Å². The van der Waals surface area contributed by atoms with E-state index in [4.69, 9.17) is 0 Å². The molecule has 4 nitrogen and oxygen atoms in total. The Bertz CT molecular complexity index is 560. The van der Waals surface area contributed by atoms with Crippen molar-refractivity contribution < 1.29 is 12.8 Å². The molecule has 1 aromatic rings. The molecule has 2 rings (SSSR count). The molecule has 0 radical (unpaired) electrons. The van der Waals surface area contributed by atoms with E-state index < -0.39 is 15.8 Å². The fourth-order valence-electron chi connectivity index (χ4n) is 2.09. The summed E-state index contributed by atoms with van der Waals surface area (Å²) in [5.41, 5.74) is 0.570. The monoisotopic (exact) mass is 286 g/mol. The molecule has 0 spiro atoms. The number of sulfonamides is 1. The molecule has 1 saturated carbocycles. The van der Waals surface area contributed by atoms with Crippen LogP contribution in [-0.4, -0.2) is 22.0 Å². The second kappa shape index (κ2) is 5.56. The average molecular weight is 286 g/mol. The van der Waals surface area contributed by atoms with Crippen molar-refractivity contribution in [1.82, 2.24) is 10.0 Å². The third kappa shape index (κ3) is 3.52. The van der Waals surface area contributed by atoms with Crippen LogP contribution < -0.4 is 10.0 Å². The van der Waals surface area contributed by atoms with Crippen LogP contribution >= 0.6 is 0 Å². The van der Waals surface area contributed by atoms with Crippen LogP contribution in [0.2, 0.25) is 0 Å². The van der Waals surface area contributed by atoms with Crippen LogP contribution in [0.15, 0.2) is 23.1 Å². The number of rotatable bonds is 6. The Morgan fingerprint density at radius 2 is 2.11 bits per heavy atom. The molecule has 0 saturated heterocycles. The second-order valence-electron chi connectivity index (χ2n) is 5.11. The molecular weight excluding hydrogens is 267 g/mol. The van der Waals surface area contributed by atoms with Gasteiger partial charge < -0.3 is 5.32 Å². The largest absolute Gasteiger partial charge is 0.316 e. The molecule has 19 heavy (non-hydrogen) atoms. The molecule has 1 aromatic carbocycles. The van der Waals surface area contributed by atoms with Crippen LogP contribution in [0.5, 0.6) is 0 Å². The summed E-state index contributed by atoms with van der Waals surface area (Å²) in [6.45, 7) is 2.91. The first-order chi connectivity index (χ1) is 8.94. The van der Waals surface area contributed by atoms with Crippen molar-refractivity contribution in [1.29, 1.82) is 0 Å². The molecule has 106 valence electrons. The minimum absolute atomic E-state index is 0.0233. The van der Waals surface area contributed by atoms with Gasteiger partial charge >= 0.3 is 0 Å². The Labute approximate surface area is 113 Å². The molecule has 2 N–H and O–H groups in total. The van der Waals surface area contributed by atoms with E-state index in [0.29, 0.717) is 30.5 Å². The van der Waals surface area contributed by atoms with Gasteiger partial charge in [-0.05, 0) is 43.0 Å². The average Bonchev–Trinajstić information content (AvgIpc) is 3.06. The molecule has 2 atom stereocenters. The molecule has 0 aromatic heterocycles. The molecule has 1 aliphatic carbocycles. The maximum atomic E-state index is 13.3. The van der Waals surface area contributed by atoms with Crippen molar-refractivity contribution in [2.24, 2.45) is 11.8 Å². The number of nitrogens with one attached hydrogen (secondary N) is 2. The highest BCUT2D eigenvalue weighted by Gasteiger charge is 2.33. The lowest BCUT2D eigenvalue weighted by molar-refractivity contribution is 0.568. The molecule has 0 bridgehead atoms. The Balaban J connectivity index is 2.20. The highest BCUT2D eigenvalue weighted by Crippen LogP contribution is 2.37. The third-order valence-electron chi connectivity index (χ3n) is 3.50. The lowest BCUT2D eigenvalue weighted by atomic mass is 10.2. The Hall–Kier alpha value is -0.980. The molecule has 1 fully saturated rings. The summed E-state index contributed by atoms with van der Waals surface area (Å²) in [6, 6.07) is 3.85. The first-order valence-electron chi connectivity index (χ1n) is 6.36. The Morgan fingerprint density at radius 3 is 2.68 bits per heavy atom. The Morgan fingerprint density at radius 1 is 1.42 bits per heavy atom. The van der Waals surface area contributed by atoms with Gasteiger partial charge in [-0.1, -0.05) is 13.0 Å². The minimum atomic E-state index is -3.64. The standard InChI is InChI=1S/C13H19FN2O2S/c1-9-5-11(9)8-16-19(17,18)13-6-12(14)4-3-10(13)7-15-2/h3-4,6,9,11,15-16H,5,7-8H2,1-2H3. The summed E-state index contributed by atoms with van der Waals surface area (Å²) in [6.07, 6.45) is 1.05. The topological polar surface area (TPSA) is 58.2 Å². The normalized spacial score (nSPS) is 22.5. The molecule has 6 heteroatoms. The highest BCUT2D eigenvalue weighted by atomic mass is 32.2. The number of benzene rings is 1. The van der Waals surface area contributed by atoms with Crippen molar-refractivity contribution in [3.8, 4) is 0 Å². The summed E-state index contributed by atoms with van der Waals surface area (Å²) in [4.78, 5) is 0.0233. The van der Waals surface area contributed by atoms with Gasteiger partial charge in [-0.25, -0.2) is 17.5 Å². The lowest BCUT2D eigenvalue weighted by Crippen LogP contribution is -2.27. The van der Waals surface area contributed by atoms with E-state index in [2.05, 4.69) is 17.0 Å². The first kappa shape index (κ1) is 14.4. The molecule has 2 unspecified atom stereocenters. The molecular formula is C13H19FN2O2S. The molecule has 0 aliphatic heterocycles.